The highest BCUT2D eigenvalue weighted by Crippen LogP contribution is 2.63. The highest BCUT2D eigenvalue weighted by Gasteiger charge is 2.57. The topological polar surface area (TPSA) is 247 Å². The number of benzene rings is 4. The van der Waals surface area contributed by atoms with Crippen molar-refractivity contribution < 1.29 is 96.4 Å². The molecule has 0 aromatic heterocycles. The minimum absolute atomic E-state index is 0.0466. The molecule has 4 aromatic carbocycles. The van der Waals surface area contributed by atoms with Crippen LogP contribution < -0.4 is 0 Å². The average Bonchev–Trinajstić information content (AvgIpc) is 0.762. The van der Waals surface area contributed by atoms with Gasteiger partial charge in [-0.25, -0.2) is 58.3 Å². The molecular weight excluding hydrogens is 1150 g/mol. The van der Waals surface area contributed by atoms with E-state index in [0.29, 0.717) is 169 Å². The second kappa shape index (κ2) is 29.4. The Hall–Kier alpha value is -8.16. The van der Waals surface area contributed by atoms with Crippen LogP contribution >= 0.6 is 0 Å². The summed E-state index contributed by atoms with van der Waals surface area (Å²) in [4.78, 5) is 145. The zero-order chi connectivity index (χ0) is 64.4. The number of rotatable bonds is 12. The van der Waals surface area contributed by atoms with Crippen LogP contribution in [0.25, 0.3) is 0 Å². The summed E-state index contributed by atoms with van der Waals surface area (Å²) in [5, 5.41) is 0. The Morgan fingerprint density at radius 2 is 0.416 bits per heavy atom. The van der Waals surface area contributed by atoms with E-state index in [0.717, 1.165) is 22.3 Å². The lowest BCUT2D eigenvalue weighted by atomic mass is 9.45. The summed E-state index contributed by atoms with van der Waals surface area (Å²) < 4.78 is 23.3. The maximum Gasteiger partial charge on any atom is 0.550 e. The summed E-state index contributed by atoms with van der Waals surface area (Å²) in [6, 6.07) is 14.7. The van der Waals surface area contributed by atoms with Crippen molar-refractivity contribution in [3.05, 3.63) is 138 Å². The fourth-order valence-electron chi connectivity index (χ4n) is 15.8. The molecule has 0 heterocycles. The molecule has 4 fully saturated rings. The summed E-state index contributed by atoms with van der Waals surface area (Å²) in [6.07, 6.45) is 1.99. The van der Waals surface area contributed by atoms with Gasteiger partial charge in [0.1, 0.15) is 24.4 Å². The fourth-order valence-corrected chi connectivity index (χ4v) is 15.8. The largest absolute Gasteiger partial charge is 0.550 e. The molecule has 89 heavy (non-hydrogen) atoms. The summed E-state index contributed by atoms with van der Waals surface area (Å²) in [6.45, 7) is 21.9. The molecule has 4 aliphatic carbocycles. The molecular formula is C69H84O20. The van der Waals surface area contributed by atoms with Gasteiger partial charge in [-0.3, -0.25) is 0 Å². The first-order valence-corrected chi connectivity index (χ1v) is 31.0. The lowest BCUT2D eigenvalue weighted by Crippen LogP contribution is -2.54. The summed E-state index contributed by atoms with van der Waals surface area (Å²) in [5.74, 6) is -3.09. The predicted octanol–water partition coefficient (Wildman–Crippen LogP) is 15.6. The fraction of sp³-hybridized carbons (Fsp3) is 0.536. The van der Waals surface area contributed by atoms with Crippen LogP contribution in [0.2, 0.25) is 0 Å². The third-order valence-corrected chi connectivity index (χ3v) is 18.8. The van der Waals surface area contributed by atoms with Crippen LogP contribution in [0, 0.1) is 112 Å². The van der Waals surface area contributed by atoms with Gasteiger partial charge in [0, 0.05) is 0 Å². The van der Waals surface area contributed by atoms with Gasteiger partial charge in [0.2, 0.25) is 0 Å². The first-order chi connectivity index (χ1) is 42.3. The van der Waals surface area contributed by atoms with Crippen molar-refractivity contribution in [1.29, 1.82) is 0 Å². The van der Waals surface area contributed by atoms with Crippen molar-refractivity contribution in [2.75, 3.05) is 0 Å². The van der Waals surface area contributed by atoms with Crippen molar-refractivity contribution in [3.8, 4) is 0 Å². The monoisotopic (exact) mass is 1230 g/mol. The van der Waals surface area contributed by atoms with Gasteiger partial charge in [0.15, 0.2) is 0 Å². The zero-order valence-corrected chi connectivity index (χ0v) is 53.2. The van der Waals surface area contributed by atoms with E-state index in [4.69, 9.17) is 58.0 Å². The quantitative estimate of drug-likeness (QED) is 0.0553. The van der Waals surface area contributed by atoms with E-state index in [1.165, 1.54) is 0 Å². The Labute approximate surface area is 519 Å². The lowest BCUT2D eigenvalue weighted by Gasteiger charge is -2.60. The molecule has 4 saturated carbocycles. The molecule has 0 atom stereocenters. The summed E-state index contributed by atoms with van der Waals surface area (Å²) in [7, 11) is 0. The smallest absolute Gasteiger partial charge is 0.428 e. The van der Waals surface area contributed by atoms with E-state index < -0.39 is 78.3 Å². The predicted molar refractivity (Wildman–Crippen MR) is 320 cm³/mol. The number of carbonyl (C=O) groups is 8. The highest BCUT2D eigenvalue weighted by atomic mass is 17.3. The minimum atomic E-state index is -1.14. The van der Waals surface area contributed by atoms with Crippen LogP contribution in [-0.2, 0) is 58.0 Å². The molecule has 4 aromatic rings. The standard InChI is InChI=1S/C69H84O20/c1-37-29-41(5)57(42(6)30-37)61(70)82-86-65(74)78-53-21-13-49(14-22-53)69(50-15-23-54(24-16-50)79-66(75)87-83-62(71)58-43(7)31-38(2)32-44(58)8,51-17-25-55(26-18-51)80-67(76)88-84-63(72)59-45(9)33-39(3)34-46(59)10)52-19-27-56(28-20-52)81-68(77)89-85-64(73)60-47(11)35-40(4)36-48(60)12/h29-36,49-56H,13-28H2,1-12H3. The van der Waals surface area contributed by atoms with E-state index in [2.05, 4.69) is 0 Å². The minimum Gasteiger partial charge on any atom is -0.428 e. The second-order valence-electron chi connectivity index (χ2n) is 25.3. The number of ether oxygens (including phenoxy) is 4. The third-order valence-electron chi connectivity index (χ3n) is 18.8. The van der Waals surface area contributed by atoms with Crippen molar-refractivity contribution in [1.82, 2.24) is 0 Å². The van der Waals surface area contributed by atoms with Crippen LogP contribution in [0.4, 0.5) is 19.2 Å². The van der Waals surface area contributed by atoms with Gasteiger partial charge in [-0.1, -0.05) is 70.8 Å². The van der Waals surface area contributed by atoms with Gasteiger partial charge in [0.25, 0.3) is 0 Å². The van der Waals surface area contributed by atoms with Crippen LogP contribution in [0.5, 0.6) is 0 Å². The number of hydrogen-bond acceptors (Lipinski definition) is 20. The van der Waals surface area contributed by atoms with Crippen molar-refractivity contribution in [3.63, 3.8) is 0 Å². The summed E-state index contributed by atoms with van der Waals surface area (Å²) >= 11 is 0. The average molecular weight is 1230 g/mol. The maximum absolute atomic E-state index is 13.2. The molecule has 8 rings (SSSR count). The van der Waals surface area contributed by atoms with Gasteiger partial charge >= 0.3 is 48.5 Å². The Bertz CT molecular complexity index is 2760. The normalized spacial score (nSPS) is 22.3. The molecule has 0 bridgehead atoms. The lowest BCUT2D eigenvalue weighted by molar-refractivity contribution is -0.213. The molecule has 20 heteroatoms. The van der Waals surface area contributed by atoms with Crippen molar-refractivity contribution >= 4 is 48.5 Å². The molecule has 0 spiro atoms. The van der Waals surface area contributed by atoms with Gasteiger partial charge in [0.05, 0.1) is 22.3 Å². The number of aryl methyl sites for hydroxylation is 12. The Balaban J connectivity index is 0.993. The molecule has 0 saturated heterocycles. The van der Waals surface area contributed by atoms with Crippen LogP contribution in [0.15, 0.2) is 48.5 Å². The zero-order valence-electron chi connectivity index (χ0n) is 53.2. The first kappa shape index (κ1) is 66.8. The van der Waals surface area contributed by atoms with Gasteiger partial charge in [-0.2, -0.15) is 19.2 Å². The molecule has 0 radical (unpaired) electrons. The van der Waals surface area contributed by atoms with E-state index in [1.807, 2.05) is 76.2 Å². The van der Waals surface area contributed by atoms with Gasteiger partial charge in [-0.15, -0.1) is 0 Å². The molecule has 0 N–H and O–H groups in total. The molecule has 0 unspecified atom stereocenters. The second-order valence-corrected chi connectivity index (χ2v) is 25.3. The molecule has 4 aliphatic rings. The van der Waals surface area contributed by atoms with E-state index in [9.17, 15) is 38.4 Å². The Morgan fingerprint density at radius 3 is 0.573 bits per heavy atom. The van der Waals surface area contributed by atoms with Gasteiger partial charge in [-0.05, 0) is 259 Å². The van der Waals surface area contributed by atoms with E-state index >= 15 is 0 Å². The SMILES string of the molecule is Cc1cc(C)c(C(=O)OOC(=O)OC2CCC(C(C3CCC(OC(=O)OOC(=O)c4c(C)cc(C)cc4C)CC3)(C3CCC(OC(=O)OOC(=O)c4c(C)cc(C)cc4C)CC3)C3CCC(OC(=O)OOC(=O)c4c(C)cc(C)cc4C)CC3)CC2)c(C)c1. The third kappa shape index (κ3) is 16.4. The molecule has 0 amide bonds. The Morgan fingerprint density at radius 1 is 0.258 bits per heavy atom. The van der Waals surface area contributed by atoms with Crippen LogP contribution in [0.3, 0.4) is 0 Å². The Kier molecular flexibility index (Phi) is 22.1. The number of hydrogen-bond donors (Lipinski definition) is 0. The van der Waals surface area contributed by atoms with Gasteiger partial charge < -0.3 is 18.9 Å². The maximum atomic E-state index is 13.2. The van der Waals surface area contributed by atoms with Crippen LogP contribution in [-0.4, -0.2) is 72.9 Å². The summed E-state index contributed by atoms with van der Waals surface area (Å²) in [5.41, 5.74) is 10.0. The van der Waals surface area contributed by atoms with Crippen molar-refractivity contribution in [2.45, 2.75) is 210 Å². The van der Waals surface area contributed by atoms with Crippen molar-refractivity contribution in [2.24, 2.45) is 29.1 Å². The van der Waals surface area contributed by atoms with E-state index in [1.54, 1.807) is 55.4 Å². The number of carbonyl (C=O) groups excluding carboxylic acids is 8. The van der Waals surface area contributed by atoms with E-state index in [-0.39, 0.29) is 23.7 Å². The molecule has 20 nitrogen and oxygen atoms in total. The van der Waals surface area contributed by atoms with Crippen LogP contribution in [0.1, 0.15) is 211 Å². The molecule has 480 valence electrons. The highest BCUT2D eigenvalue weighted by molar-refractivity contribution is 5.94. The first-order valence-electron chi connectivity index (χ1n) is 31.0. The molecule has 0 aliphatic heterocycles.